The summed E-state index contributed by atoms with van der Waals surface area (Å²) in [4.78, 5) is 0. The Kier molecular flexibility index (Phi) is 4.36. The van der Waals surface area contributed by atoms with Crippen molar-refractivity contribution in [2.24, 2.45) is 7.05 Å². The van der Waals surface area contributed by atoms with Crippen molar-refractivity contribution < 1.29 is 0 Å². The van der Waals surface area contributed by atoms with Crippen molar-refractivity contribution in [3.63, 3.8) is 0 Å². The molecule has 0 unspecified atom stereocenters. The number of hydrogen-bond acceptors (Lipinski definition) is 0. The quantitative estimate of drug-likeness (QED) is 0.702. The third kappa shape index (κ3) is 2.19. The summed E-state index contributed by atoms with van der Waals surface area (Å²) < 4.78 is 2.24. The van der Waals surface area contributed by atoms with Crippen LogP contribution >= 0.6 is 0 Å². The smallest absolute Gasteiger partial charge is 0.0481 e. The molecule has 16 heavy (non-hydrogen) atoms. The Hall–Kier alpha value is -1.50. The molecule has 0 amide bonds. The summed E-state index contributed by atoms with van der Waals surface area (Å²) in [6.45, 7) is 8.34. The summed E-state index contributed by atoms with van der Waals surface area (Å²) in [5.41, 5.74) is 5.21. The van der Waals surface area contributed by atoms with Crippen molar-refractivity contribution >= 4 is 18.2 Å². The van der Waals surface area contributed by atoms with Crippen molar-refractivity contribution in [1.82, 2.24) is 4.57 Å². The number of aromatic nitrogens is 1. The fourth-order valence-corrected chi connectivity index (χ4v) is 2.02. The molecule has 0 fully saturated rings. The molecule has 0 aliphatic rings. The van der Waals surface area contributed by atoms with E-state index in [9.17, 15) is 0 Å². The standard InChI is InChI=1S/C15H21N/c1-6-9-13-12(4)14(10-7-2)16(5)15(13)11-8-3/h6-11H,1-5H3/b9-6-,10-7-,11-8-. The van der Waals surface area contributed by atoms with Gasteiger partial charge in [-0.3, -0.25) is 0 Å². The van der Waals surface area contributed by atoms with Gasteiger partial charge in [-0.05, 0) is 45.4 Å². The molecule has 0 aliphatic heterocycles. The van der Waals surface area contributed by atoms with E-state index in [1.807, 2.05) is 0 Å². The Bertz CT molecular complexity index is 407. The Balaban J connectivity index is 3.51. The minimum absolute atomic E-state index is 1.27. The summed E-state index contributed by atoms with van der Waals surface area (Å²) in [6.07, 6.45) is 12.8. The van der Waals surface area contributed by atoms with Crippen molar-refractivity contribution in [2.75, 3.05) is 0 Å². The molecule has 1 heterocycles. The van der Waals surface area contributed by atoms with Gasteiger partial charge in [0.25, 0.3) is 0 Å². The second kappa shape index (κ2) is 5.55. The molecule has 0 radical (unpaired) electrons. The molecule has 1 nitrogen and oxygen atoms in total. The summed E-state index contributed by atoms with van der Waals surface area (Å²) in [5.74, 6) is 0. The van der Waals surface area contributed by atoms with Crippen molar-refractivity contribution in [1.29, 1.82) is 0 Å². The molecule has 0 spiro atoms. The second-order valence-electron chi connectivity index (χ2n) is 3.87. The molecule has 0 N–H and O–H groups in total. The summed E-state index contributed by atoms with van der Waals surface area (Å²) >= 11 is 0. The highest BCUT2D eigenvalue weighted by atomic mass is 15.0. The zero-order valence-corrected chi connectivity index (χ0v) is 10.9. The van der Waals surface area contributed by atoms with Gasteiger partial charge < -0.3 is 4.57 Å². The highest BCUT2D eigenvalue weighted by molar-refractivity contribution is 5.71. The molecule has 0 saturated heterocycles. The lowest BCUT2D eigenvalue weighted by atomic mass is 10.1. The van der Waals surface area contributed by atoms with Gasteiger partial charge in [0.15, 0.2) is 0 Å². The third-order valence-corrected chi connectivity index (χ3v) is 2.77. The van der Waals surface area contributed by atoms with Crippen LogP contribution in [0.5, 0.6) is 0 Å². The van der Waals surface area contributed by atoms with E-state index >= 15 is 0 Å². The van der Waals surface area contributed by atoms with Crippen LogP contribution in [0.1, 0.15) is 43.3 Å². The number of allylic oxidation sites excluding steroid dienone is 3. The lowest BCUT2D eigenvalue weighted by Gasteiger charge is -2.01. The molecule has 0 aliphatic carbocycles. The first-order valence-corrected chi connectivity index (χ1v) is 5.74. The van der Waals surface area contributed by atoms with Crippen LogP contribution in [-0.2, 0) is 7.05 Å². The largest absolute Gasteiger partial charge is 0.344 e. The molecule has 86 valence electrons. The third-order valence-electron chi connectivity index (χ3n) is 2.77. The molecule has 1 aromatic rings. The zero-order valence-electron chi connectivity index (χ0n) is 10.9. The van der Waals surface area contributed by atoms with Crippen LogP contribution in [-0.4, -0.2) is 4.57 Å². The fourth-order valence-electron chi connectivity index (χ4n) is 2.02. The molecule has 1 aromatic heterocycles. The molecule has 0 atom stereocenters. The van der Waals surface area contributed by atoms with Crippen LogP contribution in [0.4, 0.5) is 0 Å². The van der Waals surface area contributed by atoms with Gasteiger partial charge in [0.1, 0.15) is 0 Å². The highest BCUT2D eigenvalue weighted by Gasteiger charge is 2.11. The van der Waals surface area contributed by atoms with Gasteiger partial charge in [0.2, 0.25) is 0 Å². The van der Waals surface area contributed by atoms with E-state index in [-0.39, 0.29) is 0 Å². The van der Waals surface area contributed by atoms with Gasteiger partial charge in [-0.1, -0.05) is 24.3 Å². The SMILES string of the molecule is C/C=C\c1c(C)c(/C=C\C)n(C)c1/C=C\C. The molecular formula is C15H21N. The fraction of sp³-hybridized carbons (Fsp3) is 0.333. The molecule has 1 rings (SSSR count). The maximum atomic E-state index is 2.24. The summed E-state index contributed by atoms with van der Waals surface area (Å²) in [6, 6.07) is 0. The van der Waals surface area contributed by atoms with Crippen molar-refractivity contribution in [3.05, 3.63) is 40.7 Å². The van der Waals surface area contributed by atoms with Gasteiger partial charge in [-0.25, -0.2) is 0 Å². The average molecular weight is 215 g/mol. The average Bonchev–Trinajstić information content (AvgIpc) is 2.47. The first-order chi connectivity index (χ1) is 7.67. The lowest BCUT2D eigenvalue weighted by molar-refractivity contribution is 0.898. The van der Waals surface area contributed by atoms with Gasteiger partial charge in [-0.15, -0.1) is 0 Å². The second-order valence-corrected chi connectivity index (χ2v) is 3.87. The van der Waals surface area contributed by atoms with Gasteiger partial charge in [0, 0.05) is 24.0 Å². The van der Waals surface area contributed by atoms with Gasteiger partial charge in [0.05, 0.1) is 0 Å². The Morgan fingerprint density at radius 3 is 1.81 bits per heavy atom. The number of hydrogen-bond donors (Lipinski definition) is 0. The van der Waals surface area contributed by atoms with E-state index in [4.69, 9.17) is 0 Å². The maximum Gasteiger partial charge on any atom is 0.0481 e. The molecule has 0 aromatic carbocycles. The van der Waals surface area contributed by atoms with E-state index in [1.54, 1.807) is 0 Å². The first-order valence-electron chi connectivity index (χ1n) is 5.74. The maximum absolute atomic E-state index is 2.24. The molecule has 0 bridgehead atoms. The van der Waals surface area contributed by atoms with E-state index in [0.29, 0.717) is 0 Å². The van der Waals surface area contributed by atoms with E-state index in [2.05, 4.69) is 75.8 Å². The van der Waals surface area contributed by atoms with E-state index in [1.165, 1.54) is 22.5 Å². The summed E-state index contributed by atoms with van der Waals surface area (Å²) in [7, 11) is 2.12. The normalized spacial score (nSPS) is 12.6. The Morgan fingerprint density at radius 1 is 0.812 bits per heavy atom. The van der Waals surface area contributed by atoms with Crippen LogP contribution in [0, 0.1) is 6.92 Å². The predicted molar refractivity (Wildman–Crippen MR) is 74.3 cm³/mol. The monoisotopic (exact) mass is 215 g/mol. The van der Waals surface area contributed by atoms with Gasteiger partial charge >= 0.3 is 0 Å². The highest BCUT2D eigenvalue weighted by Crippen LogP contribution is 2.25. The van der Waals surface area contributed by atoms with Crippen molar-refractivity contribution in [3.8, 4) is 0 Å². The van der Waals surface area contributed by atoms with E-state index < -0.39 is 0 Å². The van der Waals surface area contributed by atoms with Crippen LogP contribution in [0.3, 0.4) is 0 Å². The molecule has 0 saturated carbocycles. The van der Waals surface area contributed by atoms with Gasteiger partial charge in [-0.2, -0.15) is 0 Å². The topological polar surface area (TPSA) is 4.93 Å². The number of rotatable bonds is 3. The predicted octanol–water partition coefficient (Wildman–Crippen LogP) is 4.43. The minimum Gasteiger partial charge on any atom is -0.344 e. The Morgan fingerprint density at radius 2 is 1.31 bits per heavy atom. The minimum atomic E-state index is 1.27. The lowest BCUT2D eigenvalue weighted by Crippen LogP contribution is -1.94. The van der Waals surface area contributed by atoms with E-state index in [0.717, 1.165) is 0 Å². The first kappa shape index (κ1) is 12.6. The molecule has 1 heteroatoms. The zero-order chi connectivity index (χ0) is 12.1. The van der Waals surface area contributed by atoms with Crippen LogP contribution in [0.25, 0.3) is 18.2 Å². The van der Waals surface area contributed by atoms with Crippen molar-refractivity contribution in [2.45, 2.75) is 27.7 Å². The molecular weight excluding hydrogens is 194 g/mol. The Labute approximate surface area is 98.8 Å². The van der Waals surface area contributed by atoms with Crippen LogP contribution in [0.2, 0.25) is 0 Å². The number of nitrogens with zero attached hydrogens (tertiary/aromatic N) is 1. The summed E-state index contributed by atoms with van der Waals surface area (Å²) in [5, 5.41) is 0. The van der Waals surface area contributed by atoms with Crippen LogP contribution in [0.15, 0.2) is 18.2 Å². The van der Waals surface area contributed by atoms with Crippen LogP contribution < -0.4 is 0 Å².